The summed E-state index contributed by atoms with van der Waals surface area (Å²) in [5, 5.41) is 8.19. The van der Waals surface area contributed by atoms with Crippen LogP contribution in [0.4, 0.5) is 0 Å². The number of fused-ring (bicyclic) bond motifs is 1. The second-order valence-electron chi connectivity index (χ2n) is 3.85. The molecule has 4 heteroatoms. The van der Waals surface area contributed by atoms with E-state index in [2.05, 4.69) is 20.2 Å². The molecule has 0 amide bonds. The highest BCUT2D eigenvalue weighted by Gasteiger charge is 2.06. The number of aromatic nitrogens is 4. The lowest BCUT2D eigenvalue weighted by atomic mass is 10.2. The average Bonchev–Trinajstić information content (AvgIpc) is 2.87. The third kappa shape index (κ3) is 1.78. The quantitative estimate of drug-likeness (QED) is 0.727. The second kappa shape index (κ2) is 3.97. The van der Waals surface area contributed by atoms with Crippen LogP contribution in [0.3, 0.4) is 0 Å². The smallest absolute Gasteiger partial charge is 0.199 e. The van der Waals surface area contributed by atoms with Gasteiger partial charge in [0.1, 0.15) is 11.5 Å². The van der Waals surface area contributed by atoms with Gasteiger partial charge in [0, 0.05) is 11.8 Å². The highest BCUT2D eigenvalue weighted by atomic mass is 15.2. The number of benzene rings is 1. The van der Waals surface area contributed by atoms with Crippen molar-refractivity contribution in [1.29, 1.82) is 0 Å². The first-order valence-corrected chi connectivity index (χ1v) is 5.64. The van der Waals surface area contributed by atoms with Crippen LogP contribution in [-0.2, 0) is 6.42 Å². The number of rotatable bonds is 2. The maximum atomic E-state index is 4.55. The third-order valence-corrected chi connectivity index (χ3v) is 2.69. The number of pyridine rings is 1. The van der Waals surface area contributed by atoms with Gasteiger partial charge in [0.2, 0.25) is 0 Å². The van der Waals surface area contributed by atoms with Crippen LogP contribution in [0.15, 0.2) is 36.4 Å². The van der Waals surface area contributed by atoms with Crippen LogP contribution in [0.25, 0.3) is 22.4 Å². The van der Waals surface area contributed by atoms with Gasteiger partial charge in [0.15, 0.2) is 5.82 Å². The molecule has 3 rings (SSSR count). The van der Waals surface area contributed by atoms with Crippen molar-refractivity contribution in [3.05, 3.63) is 42.2 Å². The van der Waals surface area contributed by atoms with Crippen LogP contribution in [0.2, 0.25) is 0 Å². The van der Waals surface area contributed by atoms with Crippen LogP contribution in [0, 0.1) is 0 Å². The largest absolute Gasteiger partial charge is 0.263 e. The normalized spacial score (nSPS) is 10.9. The Hall–Kier alpha value is -2.23. The fourth-order valence-corrected chi connectivity index (χ4v) is 1.76. The standard InChI is InChI=1S/C13H12N4/c1-2-12-15-13(17-16-12)11-8-7-9-5-3-4-6-10(9)14-11/h3-8H,2H2,1H3,(H,15,16,17). The van der Waals surface area contributed by atoms with Gasteiger partial charge in [-0.1, -0.05) is 31.2 Å². The molecule has 2 aromatic heterocycles. The van der Waals surface area contributed by atoms with Gasteiger partial charge in [-0.3, -0.25) is 5.10 Å². The van der Waals surface area contributed by atoms with Gasteiger partial charge in [-0.15, -0.1) is 0 Å². The van der Waals surface area contributed by atoms with Crippen molar-refractivity contribution < 1.29 is 0 Å². The van der Waals surface area contributed by atoms with E-state index in [1.807, 2.05) is 43.3 Å². The Morgan fingerprint density at radius 1 is 1.06 bits per heavy atom. The topological polar surface area (TPSA) is 54.5 Å². The monoisotopic (exact) mass is 224 g/mol. The van der Waals surface area contributed by atoms with Crippen molar-refractivity contribution in [3.63, 3.8) is 0 Å². The Balaban J connectivity index is 2.11. The molecular weight excluding hydrogens is 212 g/mol. The zero-order chi connectivity index (χ0) is 11.7. The summed E-state index contributed by atoms with van der Waals surface area (Å²) in [5.41, 5.74) is 1.77. The van der Waals surface area contributed by atoms with E-state index in [1.165, 1.54) is 0 Å². The molecule has 0 bridgehead atoms. The number of nitrogens with one attached hydrogen (secondary N) is 1. The lowest BCUT2D eigenvalue weighted by Gasteiger charge is -1.98. The van der Waals surface area contributed by atoms with Crippen LogP contribution in [-0.4, -0.2) is 20.2 Å². The van der Waals surface area contributed by atoms with E-state index in [0.717, 1.165) is 28.8 Å². The minimum Gasteiger partial charge on any atom is -0.263 e. The summed E-state index contributed by atoms with van der Waals surface area (Å²) >= 11 is 0. The Morgan fingerprint density at radius 3 is 2.76 bits per heavy atom. The summed E-state index contributed by atoms with van der Waals surface area (Å²) in [7, 11) is 0. The van der Waals surface area contributed by atoms with Gasteiger partial charge in [-0.2, -0.15) is 5.10 Å². The van der Waals surface area contributed by atoms with E-state index in [1.54, 1.807) is 0 Å². The zero-order valence-electron chi connectivity index (χ0n) is 9.51. The van der Waals surface area contributed by atoms with E-state index in [9.17, 15) is 0 Å². The fraction of sp³-hybridized carbons (Fsp3) is 0.154. The van der Waals surface area contributed by atoms with Crippen LogP contribution in [0.1, 0.15) is 12.7 Å². The molecule has 0 unspecified atom stereocenters. The summed E-state index contributed by atoms with van der Waals surface area (Å²) in [6, 6.07) is 12.0. The molecule has 1 aromatic carbocycles. The first-order chi connectivity index (χ1) is 8.36. The molecule has 1 N–H and O–H groups in total. The summed E-state index contributed by atoms with van der Waals surface area (Å²) in [4.78, 5) is 8.92. The van der Waals surface area contributed by atoms with Crippen molar-refractivity contribution in [2.24, 2.45) is 0 Å². The predicted molar refractivity (Wildman–Crippen MR) is 66.5 cm³/mol. The Bertz CT molecular complexity index is 657. The molecule has 0 aliphatic heterocycles. The number of hydrogen-bond acceptors (Lipinski definition) is 3. The number of aromatic amines is 1. The molecule has 0 aliphatic carbocycles. The zero-order valence-corrected chi connectivity index (χ0v) is 9.51. The first-order valence-electron chi connectivity index (χ1n) is 5.64. The fourth-order valence-electron chi connectivity index (χ4n) is 1.76. The molecule has 0 fully saturated rings. The molecule has 0 spiro atoms. The van der Waals surface area contributed by atoms with Gasteiger partial charge >= 0.3 is 0 Å². The predicted octanol–water partition coefficient (Wildman–Crippen LogP) is 2.58. The van der Waals surface area contributed by atoms with Crippen molar-refractivity contribution in [2.45, 2.75) is 13.3 Å². The van der Waals surface area contributed by atoms with Gasteiger partial charge in [-0.25, -0.2) is 9.97 Å². The van der Waals surface area contributed by atoms with Gasteiger partial charge in [-0.05, 0) is 12.1 Å². The summed E-state index contributed by atoms with van der Waals surface area (Å²) < 4.78 is 0. The summed E-state index contributed by atoms with van der Waals surface area (Å²) in [5.74, 6) is 1.54. The van der Waals surface area contributed by atoms with E-state index < -0.39 is 0 Å². The number of nitrogens with zero attached hydrogens (tertiary/aromatic N) is 3. The van der Waals surface area contributed by atoms with Gasteiger partial charge < -0.3 is 0 Å². The molecule has 0 saturated carbocycles. The van der Waals surface area contributed by atoms with E-state index >= 15 is 0 Å². The van der Waals surface area contributed by atoms with Gasteiger partial charge in [0.05, 0.1) is 5.52 Å². The lowest BCUT2D eigenvalue weighted by molar-refractivity contribution is 0.946. The maximum absolute atomic E-state index is 4.55. The SMILES string of the molecule is CCc1nc(-c2ccc3ccccc3n2)n[nH]1. The van der Waals surface area contributed by atoms with Crippen LogP contribution >= 0.6 is 0 Å². The van der Waals surface area contributed by atoms with Gasteiger partial charge in [0.25, 0.3) is 0 Å². The molecule has 0 saturated heterocycles. The third-order valence-electron chi connectivity index (χ3n) is 2.69. The molecule has 0 radical (unpaired) electrons. The Labute approximate surface area is 98.7 Å². The first kappa shape index (κ1) is 9.96. The van der Waals surface area contributed by atoms with Crippen molar-refractivity contribution >= 4 is 10.9 Å². The second-order valence-corrected chi connectivity index (χ2v) is 3.85. The minimum absolute atomic E-state index is 0.660. The Kier molecular flexibility index (Phi) is 2.33. The number of hydrogen-bond donors (Lipinski definition) is 1. The average molecular weight is 224 g/mol. The highest BCUT2D eigenvalue weighted by molar-refractivity contribution is 5.80. The molecule has 3 aromatic rings. The molecule has 84 valence electrons. The molecule has 4 nitrogen and oxygen atoms in total. The van der Waals surface area contributed by atoms with E-state index in [0.29, 0.717) is 5.82 Å². The van der Waals surface area contributed by atoms with Crippen LogP contribution in [0.5, 0.6) is 0 Å². The Morgan fingerprint density at radius 2 is 1.94 bits per heavy atom. The molecule has 17 heavy (non-hydrogen) atoms. The lowest BCUT2D eigenvalue weighted by Crippen LogP contribution is -1.87. The minimum atomic E-state index is 0.660. The van der Waals surface area contributed by atoms with Crippen molar-refractivity contribution in [3.8, 4) is 11.5 Å². The molecular formula is C13H12N4. The van der Waals surface area contributed by atoms with Crippen molar-refractivity contribution in [1.82, 2.24) is 20.2 Å². The molecule has 0 aliphatic rings. The van der Waals surface area contributed by atoms with Crippen molar-refractivity contribution in [2.75, 3.05) is 0 Å². The number of H-pyrrole nitrogens is 1. The summed E-state index contributed by atoms with van der Waals surface area (Å²) in [6.45, 7) is 2.04. The number of aryl methyl sites for hydroxylation is 1. The van der Waals surface area contributed by atoms with Crippen LogP contribution < -0.4 is 0 Å². The van der Waals surface area contributed by atoms with E-state index in [4.69, 9.17) is 0 Å². The number of para-hydroxylation sites is 1. The molecule has 2 heterocycles. The molecule has 0 atom stereocenters. The maximum Gasteiger partial charge on any atom is 0.199 e. The highest BCUT2D eigenvalue weighted by Crippen LogP contribution is 2.17. The van der Waals surface area contributed by atoms with E-state index in [-0.39, 0.29) is 0 Å². The summed E-state index contributed by atoms with van der Waals surface area (Å²) in [6.07, 6.45) is 0.848.